The molecule has 0 aliphatic carbocycles. The number of benzene rings is 2. The van der Waals surface area contributed by atoms with Crippen LogP contribution in [0.1, 0.15) is 26.3 Å². The molecule has 0 aliphatic rings. The molecule has 148 valence electrons. The molecule has 3 aromatic rings. The Hall–Kier alpha value is -3.87. The van der Waals surface area contributed by atoms with Crippen molar-refractivity contribution in [3.05, 3.63) is 83.7 Å². The zero-order chi connectivity index (χ0) is 20.6. The van der Waals surface area contributed by atoms with Gasteiger partial charge in [0.1, 0.15) is 0 Å². The third-order valence-corrected chi connectivity index (χ3v) is 4.23. The summed E-state index contributed by atoms with van der Waals surface area (Å²) in [4.78, 5) is 28.5. The van der Waals surface area contributed by atoms with Gasteiger partial charge in [0.2, 0.25) is 0 Å². The van der Waals surface area contributed by atoms with E-state index in [-0.39, 0.29) is 11.8 Å². The van der Waals surface area contributed by atoms with Crippen molar-refractivity contribution in [2.24, 2.45) is 0 Å². The quantitative estimate of drug-likeness (QED) is 0.645. The monoisotopic (exact) mass is 391 g/mol. The van der Waals surface area contributed by atoms with E-state index in [1.807, 2.05) is 12.1 Å². The van der Waals surface area contributed by atoms with Crippen molar-refractivity contribution < 1.29 is 19.1 Å². The minimum absolute atomic E-state index is 0.222. The average molecular weight is 391 g/mol. The number of hydrogen-bond donors (Lipinski definition) is 2. The second-order valence-corrected chi connectivity index (χ2v) is 6.15. The highest BCUT2D eigenvalue weighted by Gasteiger charge is 2.11. The maximum atomic E-state index is 12.4. The van der Waals surface area contributed by atoms with Gasteiger partial charge < -0.3 is 20.1 Å². The van der Waals surface area contributed by atoms with Crippen LogP contribution in [0.2, 0.25) is 0 Å². The van der Waals surface area contributed by atoms with E-state index in [2.05, 4.69) is 15.6 Å². The summed E-state index contributed by atoms with van der Waals surface area (Å²) in [6.07, 6.45) is 3.12. The molecule has 29 heavy (non-hydrogen) atoms. The van der Waals surface area contributed by atoms with Gasteiger partial charge in [0.15, 0.2) is 11.5 Å². The molecule has 7 nitrogen and oxygen atoms in total. The lowest BCUT2D eigenvalue weighted by atomic mass is 10.1. The van der Waals surface area contributed by atoms with E-state index in [1.165, 1.54) is 13.3 Å². The first kappa shape index (κ1) is 19.9. The van der Waals surface area contributed by atoms with E-state index < -0.39 is 0 Å². The fourth-order valence-electron chi connectivity index (χ4n) is 2.67. The fraction of sp³-hybridized carbons (Fsp3) is 0.136. The van der Waals surface area contributed by atoms with E-state index in [9.17, 15) is 9.59 Å². The molecule has 2 N–H and O–H groups in total. The maximum Gasteiger partial charge on any atom is 0.257 e. The zero-order valence-corrected chi connectivity index (χ0v) is 16.1. The van der Waals surface area contributed by atoms with Crippen LogP contribution >= 0.6 is 0 Å². The number of hydrogen-bond acceptors (Lipinski definition) is 5. The van der Waals surface area contributed by atoms with Crippen molar-refractivity contribution >= 4 is 17.5 Å². The summed E-state index contributed by atoms with van der Waals surface area (Å²) in [5.41, 5.74) is 2.52. The Morgan fingerprint density at radius 3 is 2.31 bits per heavy atom. The molecular weight excluding hydrogens is 370 g/mol. The number of anilines is 1. The molecule has 0 aliphatic heterocycles. The third kappa shape index (κ3) is 5.10. The Morgan fingerprint density at radius 1 is 0.897 bits per heavy atom. The molecule has 7 heteroatoms. The summed E-state index contributed by atoms with van der Waals surface area (Å²) in [6, 6.07) is 15.6. The number of rotatable bonds is 7. The number of carbonyl (C=O) groups is 2. The van der Waals surface area contributed by atoms with Crippen molar-refractivity contribution in [1.82, 2.24) is 10.3 Å². The van der Waals surface area contributed by atoms with Gasteiger partial charge in [-0.1, -0.05) is 12.1 Å². The predicted octanol–water partition coefficient (Wildman–Crippen LogP) is 3.28. The Morgan fingerprint density at radius 2 is 1.66 bits per heavy atom. The van der Waals surface area contributed by atoms with Crippen LogP contribution in [0.25, 0.3) is 0 Å². The van der Waals surface area contributed by atoms with E-state index >= 15 is 0 Å². The first-order chi connectivity index (χ1) is 14.1. The molecule has 0 unspecified atom stereocenters. The molecule has 2 aromatic carbocycles. The van der Waals surface area contributed by atoms with Gasteiger partial charge >= 0.3 is 0 Å². The summed E-state index contributed by atoms with van der Waals surface area (Å²) in [5.74, 6) is 0.606. The Kier molecular flexibility index (Phi) is 6.42. The fourth-order valence-corrected chi connectivity index (χ4v) is 2.67. The van der Waals surface area contributed by atoms with Crippen LogP contribution in [0.5, 0.6) is 11.5 Å². The Labute approximate surface area is 168 Å². The minimum atomic E-state index is -0.229. The molecule has 0 bridgehead atoms. The highest BCUT2D eigenvalue weighted by Crippen LogP contribution is 2.27. The van der Waals surface area contributed by atoms with Gasteiger partial charge in [0, 0.05) is 30.2 Å². The molecule has 0 radical (unpaired) electrons. The van der Waals surface area contributed by atoms with Crippen LogP contribution in [-0.2, 0) is 6.54 Å². The number of methoxy groups -OCH3 is 2. The molecule has 1 heterocycles. The molecule has 0 fully saturated rings. The van der Waals surface area contributed by atoms with Crippen LogP contribution in [0.15, 0.2) is 67.0 Å². The van der Waals surface area contributed by atoms with Gasteiger partial charge in [-0.3, -0.25) is 14.6 Å². The minimum Gasteiger partial charge on any atom is -0.493 e. The van der Waals surface area contributed by atoms with Crippen molar-refractivity contribution in [2.45, 2.75) is 6.54 Å². The van der Waals surface area contributed by atoms with Crippen molar-refractivity contribution in [3.8, 4) is 11.5 Å². The summed E-state index contributed by atoms with van der Waals surface area (Å²) < 4.78 is 10.4. The van der Waals surface area contributed by atoms with Crippen LogP contribution < -0.4 is 20.1 Å². The van der Waals surface area contributed by atoms with Gasteiger partial charge in [-0.05, 0) is 48.0 Å². The van der Waals surface area contributed by atoms with Crippen molar-refractivity contribution in [1.29, 1.82) is 0 Å². The van der Waals surface area contributed by atoms with Gasteiger partial charge in [0.05, 0.1) is 19.8 Å². The lowest BCUT2D eigenvalue weighted by Crippen LogP contribution is -2.22. The van der Waals surface area contributed by atoms with Crippen LogP contribution in [-0.4, -0.2) is 31.0 Å². The largest absolute Gasteiger partial charge is 0.493 e. The topological polar surface area (TPSA) is 89.6 Å². The first-order valence-corrected chi connectivity index (χ1v) is 8.91. The van der Waals surface area contributed by atoms with Crippen LogP contribution in [0.4, 0.5) is 5.69 Å². The number of nitrogens with zero attached hydrogens (tertiary/aromatic N) is 1. The molecule has 0 spiro atoms. The average Bonchev–Trinajstić information content (AvgIpc) is 2.78. The number of amides is 2. The zero-order valence-electron chi connectivity index (χ0n) is 16.1. The second kappa shape index (κ2) is 9.36. The maximum absolute atomic E-state index is 12.4. The summed E-state index contributed by atoms with van der Waals surface area (Å²) in [5, 5.41) is 5.67. The highest BCUT2D eigenvalue weighted by atomic mass is 16.5. The molecule has 0 saturated heterocycles. The van der Waals surface area contributed by atoms with Crippen molar-refractivity contribution in [3.63, 3.8) is 0 Å². The number of pyridine rings is 1. The van der Waals surface area contributed by atoms with E-state index in [1.54, 1.807) is 55.8 Å². The van der Waals surface area contributed by atoms with E-state index in [0.29, 0.717) is 34.9 Å². The van der Waals surface area contributed by atoms with E-state index in [0.717, 1.165) is 5.56 Å². The van der Waals surface area contributed by atoms with Crippen molar-refractivity contribution in [2.75, 3.05) is 19.5 Å². The molecule has 1 aromatic heterocycles. The van der Waals surface area contributed by atoms with Gasteiger partial charge in [-0.15, -0.1) is 0 Å². The van der Waals surface area contributed by atoms with Gasteiger partial charge in [0.25, 0.3) is 11.8 Å². The Bertz CT molecular complexity index is 989. The third-order valence-electron chi connectivity index (χ3n) is 4.23. The summed E-state index contributed by atoms with van der Waals surface area (Å²) in [6.45, 7) is 0.351. The molecule has 0 atom stereocenters. The lowest BCUT2D eigenvalue weighted by molar-refractivity contribution is 0.0949. The highest BCUT2D eigenvalue weighted by molar-refractivity contribution is 6.04. The van der Waals surface area contributed by atoms with Gasteiger partial charge in [-0.25, -0.2) is 0 Å². The summed E-state index contributed by atoms with van der Waals surface area (Å²) >= 11 is 0. The molecular formula is C22H21N3O4. The van der Waals surface area contributed by atoms with Gasteiger partial charge in [-0.2, -0.15) is 0 Å². The number of aromatic nitrogens is 1. The Balaban J connectivity index is 1.57. The lowest BCUT2D eigenvalue weighted by Gasteiger charge is -2.10. The number of carbonyl (C=O) groups excluding carboxylic acids is 2. The SMILES string of the molecule is COc1ccc(C(=O)NCc2ccc(NC(=O)c3cccnc3)cc2)cc1OC. The predicted molar refractivity (Wildman–Crippen MR) is 109 cm³/mol. The first-order valence-electron chi connectivity index (χ1n) is 8.91. The van der Waals surface area contributed by atoms with E-state index in [4.69, 9.17) is 9.47 Å². The smallest absolute Gasteiger partial charge is 0.257 e. The molecule has 2 amide bonds. The number of ether oxygens (including phenoxy) is 2. The summed E-state index contributed by atoms with van der Waals surface area (Å²) in [7, 11) is 3.06. The standard InChI is InChI=1S/C22H21N3O4/c1-28-19-10-7-16(12-20(19)29-2)21(26)24-13-15-5-8-18(9-6-15)25-22(27)17-4-3-11-23-14-17/h3-12,14H,13H2,1-2H3,(H,24,26)(H,25,27). The second-order valence-electron chi connectivity index (χ2n) is 6.15. The molecule has 3 rings (SSSR count). The normalized spacial score (nSPS) is 10.1. The number of nitrogens with one attached hydrogen (secondary N) is 2. The van der Waals surface area contributed by atoms with Crippen LogP contribution in [0, 0.1) is 0 Å². The van der Waals surface area contributed by atoms with Crippen LogP contribution in [0.3, 0.4) is 0 Å². The molecule has 0 saturated carbocycles.